The van der Waals surface area contributed by atoms with Gasteiger partial charge in [-0.25, -0.2) is 8.78 Å². The lowest BCUT2D eigenvalue weighted by atomic mass is 10.3. The fourth-order valence-corrected chi connectivity index (χ4v) is 1.70. The zero-order valence-corrected chi connectivity index (χ0v) is 9.52. The number of nitrogens with one attached hydrogen (secondary N) is 1. The monoisotopic (exact) mass is 260 g/mol. The molecule has 0 aliphatic carbocycles. The lowest BCUT2D eigenvalue weighted by molar-refractivity contribution is -0.123. The van der Waals surface area contributed by atoms with Gasteiger partial charge >= 0.3 is 0 Å². The van der Waals surface area contributed by atoms with Crippen molar-refractivity contribution in [1.29, 1.82) is 0 Å². The smallest absolute Gasteiger partial charge is 0.236 e. The van der Waals surface area contributed by atoms with E-state index in [0.29, 0.717) is 4.90 Å². The van der Waals surface area contributed by atoms with E-state index in [0.717, 1.165) is 23.9 Å². The Morgan fingerprint density at radius 1 is 1.29 bits per heavy atom. The van der Waals surface area contributed by atoms with Crippen LogP contribution in [0.15, 0.2) is 23.1 Å². The number of hydrogen-bond acceptors (Lipinski definition) is 3. The van der Waals surface area contributed by atoms with Crippen molar-refractivity contribution in [3.8, 4) is 0 Å². The van der Waals surface area contributed by atoms with Gasteiger partial charge in [0, 0.05) is 4.90 Å². The van der Waals surface area contributed by atoms with Crippen LogP contribution >= 0.6 is 11.8 Å². The highest BCUT2D eigenvalue weighted by Gasteiger charge is 2.06. The van der Waals surface area contributed by atoms with Crippen LogP contribution in [0.2, 0.25) is 0 Å². The van der Waals surface area contributed by atoms with Gasteiger partial charge in [0.15, 0.2) is 11.6 Å². The maximum absolute atomic E-state index is 12.8. The molecule has 2 amide bonds. The zero-order chi connectivity index (χ0) is 12.8. The molecule has 0 aliphatic heterocycles. The highest BCUT2D eigenvalue weighted by molar-refractivity contribution is 8.00. The van der Waals surface area contributed by atoms with Gasteiger partial charge in [0.2, 0.25) is 11.8 Å². The average Bonchev–Trinajstić information content (AvgIpc) is 2.28. The highest BCUT2D eigenvalue weighted by Crippen LogP contribution is 2.19. The minimum Gasteiger partial charge on any atom is -0.368 e. The van der Waals surface area contributed by atoms with Gasteiger partial charge in [-0.15, -0.1) is 11.8 Å². The summed E-state index contributed by atoms with van der Waals surface area (Å²) in [6.45, 7) is -0.239. The predicted octanol–water partition coefficient (Wildman–Crippen LogP) is 0.658. The van der Waals surface area contributed by atoms with Crippen molar-refractivity contribution in [3.63, 3.8) is 0 Å². The Bertz CT molecular complexity index is 440. The Morgan fingerprint density at radius 2 is 2.00 bits per heavy atom. The number of nitrogens with two attached hydrogens (primary N) is 1. The number of carbonyl (C=O) groups is 2. The maximum atomic E-state index is 12.8. The standard InChI is InChI=1S/C10H10F2N2O2S/c11-7-2-1-6(3-8(7)12)17-5-10(16)14-4-9(13)15/h1-3H,4-5H2,(H2,13,15)(H,14,16). The molecule has 92 valence electrons. The van der Waals surface area contributed by atoms with Crippen LogP contribution in [-0.4, -0.2) is 24.1 Å². The summed E-state index contributed by atoms with van der Waals surface area (Å²) in [6.07, 6.45) is 0. The minimum absolute atomic E-state index is 0.00163. The molecule has 1 rings (SSSR count). The number of benzene rings is 1. The summed E-state index contributed by atoms with van der Waals surface area (Å²) in [5, 5.41) is 2.28. The Balaban J connectivity index is 2.42. The lowest BCUT2D eigenvalue weighted by Crippen LogP contribution is -2.34. The van der Waals surface area contributed by atoms with Gasteiger partial charge in [-0.2, -0.15) is 0 Å². The molecule has 0 bridgehead atoms. The van der Waals surface area contributed by atoms with Crippen LogP contribution in [0.3, 0.4) is 0 Å². The third-order valence-electron chi connectivity index (χ3n) is 1.72. The van der Waals surface area contributed by atoms with Crippen molar-refractivity contribution >= 4 is 23.6 Å². The van der Waals surface area contributed by atoms with Crippen molar-refractivity contribution in [2.75, 3.05) is 12.3 Å². The third-order valence-corrected chi connectivity index (χ3v) is 2.71. The zero-order valence-electron chi connectivity index (χ0n) is 8.70. The first-order valence-corrected chi connectivity index (χ1v) is 5.60. The number of thioether (sulfide) groups is 1. The number of halogens is 2. The van der Waals surface area contributed by atoms with Gasteiger partial charge in [-0.3, -0.25) is 9.59 Å². The van der Waals surface area contributed by atoms with Crippen LogP contribution in [0.1, 0.15) is 0 Å². The number of rotatable bonds is 5. The number of primary amides is 1. The summed E-state index contributed by atoms with van der Waals surface area (Å²) < 4.78 is 25.4. The third kappa shape index (κ3) is 4.81. The van der Waals surface area contributed by atoms with Crippen LogP contribution in [0.25, 0.3) is 0 Å². The van der Waals surface area contributed by atoms with Crippen LogP contribution in [0.4, 0.5) is 8.78 Å². The molecule has 0 radical (unpaired) electrons. The lowest BCUT2D eigenvalue weighted by Gasteiger charge is -2.03. The molecule has 0 fully saturated rings. The second kappa shape index (κ2) is 6.19. The second-order valence-corrected chi connectivity index (χ2v) is 4.16. The van der Waals surface area contributed by atoms with E-state index in [4.69, 9.17) is 5.73 Å². The van der Waals surface area contributed by atoms with Gasteiger partial charge in [0.25, 0.3) is 0 Å². The molecule has 3 N–H and O–H groups in total. The summed E-state index contributed by atoms with van der Waals surface area (Å²) in [5.41, 5.74) is 4.83. The van der Waals surface area contributed by atoms with Gasteiger partial charge in [-0.05, 0) is 18.2 Å². The SMILES string of the molecule is NC(=O)CNC(=O)CSc1ccc(F)c(F)c1. The predicted molar refractivity (Wildman–Crippen MR) is 59.3 cm³/mol. The van der Waals surface area contributed by atoms with Crippen molar-refractivity contribution in [3.05, 3.63) is 29.8 Å². The van der Waals surface area contributed by atoms with Crippen molar-refractivity contribution < 1.29 is 18.4 Å². The van der Waals surface area contributed by atoms with E-state index in [1.165, 1.54) is 6.07 Å². The molecule has 1 aromatic rings. The fourth-order valence-electron chi connectivity index (χ4n) is 0.952. The molecule has 7 heteroatoms. The molecule has 0 atom stereocenters. The Hall–Kier alpha value is -1.63. The fraction of sp³-hybridized carbons (Fsp3) is 0.200. The molecule has 0 saturated heterocycles. The van der Waals surface area contributed by atoms with Crippen LogP contribution in [0, 0.1) is 11.6 Å². The van der Waals surface area contributed by atoms with Crippen molar-refractivity contribution in [1.82, 2.24) is 5.32 Å². The Morgan fingerprint density at radius 3 is 2.59 bits per heavy atom. The maximum Gasteiger partial charge on any atom is 0.236 e. The van der Waals surface area contributed by atoms with Gasteiger partial charge in [-0.1, -0.05) is 0 Å². The Kier molecular flexibility index (Phi) is 4.89. The summed E-state index contributed by atoms with van der Waals surface area (Å²) in [6, 6.07) is 3.35. The van der Waals surface area contributed by atoms with E-state index in [2.05, 4.69) is 5.32 Å². The molecule has 1 aromatic carbocycles. The summed E-state index contributed by atoms with van der Waals surface area (Å²) in [5.74, 6) is -2.95. The van der Waals surface area contributed by atoms with E-state index < -0.39 is 23.4 Å². The van der Waals surface area contributed by atoms with E-state index in [-0.39, 0.29) is 12.3 Å². The molecular formula is C10H10F2N2O2S. The topological polar surface area (TPSA) is 72.2 Å². The van der Waals surface area contributed by atoms with E-state index in [1.54, 1.807) is 0 Å². The molecule has 0 unspecified atom stereocenters. The molecule has 0 aliphatic rings. The van der Waals surface area contributed by atoms with Gasteiger partial charge < -0.3 is 11.1 Å². The van der Waals surface area contributed by atoms with Gasteiger partial charge in [0.05, 0.1) is 12.3 Å². The first kappa shape index (κ1) is 13.4. The van der Waals surface area contributed by atoms with Crippen molar-refractivity contribution in [2.24, 2.45) is 5.73 Å². The summed E-state index contributed by atoms with van der Waals surface area (Å²) >= 11 is 1.03. The van der Waals surface area contributed by atoms with Crippen LogP contribution in [-0.2, 0) is 9.59 Å². The van der Waals surface area contributed by atoms with E-state index >= 15 is 0 Å². The summed E-state index contributed by atoms with van der Waals surface area (Å²) in [4.78, 5) is 22.0. The van der Waals surface area contributed by atoms with E-state index in [1.807, 2.05) is 0 Å². The molecule has 4 nitrogen and oxygen atoms in total. The molecule has 17 heavy (non-hydrogen) atoms. The molecule has 0 aromatic heterocycles. The average molecular weight is 260 g/mol. The quantitative estimate of drug-likeness (QED) is 0.764. The van der Waals surface area contributed by atoms with Crippen LogP contribution in [0.5, 0.6) is 0 Å². The van der Waals surface area contributed by atoms with E-state index in [9.17, 15) is 18.4 Å². The van der Waals surface area contributed by atoms with Gasteiger partial charge in [0.1, 0.15) is 0 Å². The summed E-state index contributed by atoms with van der Waals surface area (Å²) in [7, 11) is 0. The van der Waals surface area contributed by atoms with Crippen molar-refractivity contribution in [2.45, 2.75) is 4.90 Å². The number of carbonyl (C=O) groups excluding carboxylic acids is 2. The minimum atomic E-state index is -0.965. The molecule has 0 heterocycles. The largest absolute Gasteiger partial charge is 0.368 e. The second-order valence-electron chi connectivity index (χ2n) is 3.11. The van der Waals surface area contributed by atoms with Crippen LogP contribution < -0.4 is 11.1 Å². The number of amides is 2. The molecule has 0 spiro atoms. The normalized spacial score (nSPS) is 10.0. The highest BCUT2D eigenvalue weighted by atomic mass is 32.2. The first-order valence-electron chi connectivity index (χ1n) is 4.62. The molecule has 0 saturated carbocycles. The Labute approximate surface area is 101 Å². The molecular weight excluding hydrogens is 250 g/mol. The number of hydrogen-bond donors (Lipinski definition) is 2. The first-order chi connectivity index (χ1) is 7.99.